The molecular weight excluding hydrogens is 795 g/mol. The van der Waals surface area contributed by atoms with Gasteiger partial charge in [-0.1, -0.05) is 182 Å². The van der Waals surface area contributed by atoms with Crippen molar-refractivity contribution in [1.29, 1.82) is 0 Å². The fraction of sp³-hybridized carbons (Fsp3) is 0.169. The molecule has 16 rings (SSSR count). The van der Waals surface area contributed by atoms with Crippen molar-refractivity contribution in [2.45, 2.75) is 42.9 Å². The number of anilines is 3. The molecule has 0 N–H and O–H groups in total. The van der Waals surface area contributed by atoms with E-state index in [1.54, 1.807) is 11.1 Å². The fourth-order valence-corrected chi connectivity index (χ4v) is 15.4. The molecule has 1 heteroatoms. The van der Waals surface area contributed by atoms with Gasteiger partial charge in [-0.3, -0.25) is 0 Å². The Bertz CT molecular complexity index is 3360. The molecule has 4 saturated carbocycles. The third kappa shape index (κ3) is 4.75. The molecular formula is C65H49N. The molecule has 0 radical (unpaired) electrons. The lowest BCUT2D eigenvalue weighted by molar-refractivity contribution is -0.0399. The maximum atomic E-state index is 2.68. The molecule has 7 aliphatic carbocycles. The van der Waals surface area contributed by atoms with Gasteiger partial charge in [0, 0.05) is 22.4 Å². The smallest absolute Gasteiger partial charge is 0.0726 e. The third-order valence-electron chi connectivity index (χ3n) is 17.5. The quantitative estimate of drug-likeness (QED) is 0.167. The molecule has 0 amide bonds. The molecule has 1 nitrogen and oxygen atoms in total. The van der Waals surface area contributed by atoms with Gasteiger partial charge in [0.15, 0.2) is 0 Å². The maximum absolute atomic E-state index is 2.68. The molecule has 2 spiro atoms. The second-order valence-electron chi connectivity index (χ2n) is 20.3. The molecule has 9 aromatic rings. The Morgan fingerprint density at radius 3 is 1.30 bits per heavy atom. The lowest BCUT2D eigenvalue weighted by Crippen LogP contribution is -2.55. The van der Waals surface area contributed by atoms with Crippen molar-refractivity contribution >= 4 is 17.1 Å². The summed E-state index contributed by atoms with van der Waals surface area (Å²) in [5.41, 5.74) is 25.0. The normalized spacial score (nSPS) is 22.4. The highest BCUT2D eigenvalue weighted by Gasteiger charge is 2.61. The zero-order valence-corrected chi connectivity index (χ0v) is 37.0. The number of hydrogen-bond donors (Lipinski definition) is 0. The first-order chi connectivity index (χ1) is 32.7. The molecule has 4 fully saturated rings. The van der Waals surface area contributed by atoms with Gasteiger partial charge in [-0.05, 0) is 170 Å². The van der Waals surface area contributed by atoms with E-state index in [4.69, 9.17) is 0 Å². The van der Waals surface area contributed by atoms with Crippen LogP contribution in [0.1, 0.15) is 65.5 Å². The third-order valence-corrected chi connectivity index (χ3v) is 17.5. The van der Waals surface area contributed by atoms with Gasteiger partial charge in [0.25, 0.3) is 0 Å². The van der Waals surface area contributed by atoms with E-state index >= 15 is 0 Å². The van der Waals surface area contributed by atoms with Crippen molar-refractivity contribution < 1.29 is 0 Å². The second kappa shape index (κ2) is 13.7. The molecule has 0 heterocycles. The van der Waals surface area contributed by atoms with Crippen molar-refractivity contribution in [1.82, 2.24) is 0 Å². The van der Waals surface area contributed by atoms with Crippen LogP contribution in [0.25, 0.3) is 55.6 Å². The molecule has 4 bridgehead atoms. The predicted molar refractivity (Wildman–Crippen MR) is 272 cm³/mol. The van der Waals surface area contributed by atoms with Gasteiger partial charge >= 0.3 is 0 Å². The van der Waals surface area contributed by atoms with Gasteiger partial charge in [-0.25, -0.2) is 0 Å². The summed E-state index contributed by atoms with van der Waals surface area (Å²) in [5.74, 6) is 3.14. The maximum Gasteiger partial charge on any atom is 0.0726 e. The number of benzene rings is 9. The van der Waals surface area contributed by atoms with Gasteiger partial charge in [0.2, 0.25) is 0 Å². The summed E-state index contributed by atoms with van der Waals surface area (Å²) in [5, 5.41) is 0. The van der Waals surface area contributed by atoms with Gasteiger partial charge in [-0.15, -0.1) is 0 Å². The van der Waals surface area contributed by atoms with Crippen LogP contribution < -0.4 is 4.90 Å². The van der Waals surface area contributed by atoms with Gasteiger partial charge in [-0.2, -0.15) is 0 Å². The summed E-state index contributed by atoms with van der Waals surface area (Å²) in [6, 6.07) is 81.3. The van der Waals surface area contributed by atoms with Crippen molar-refractivity contribution in [2.24, 2.45) is 23.7 Å². The van der Waals surface area contributed by atoms with E-state index in [1.807, 2.05) is 0 Å². The summed E-state index contributed by atoms with van der Waals surface area (Å²) in [4.78, 5) is 2.64. The first kappa shape index (κ1) is 37.0. The summed E-state index contributed by atoms with van der Waals surface area (Å²) in [7, 11) is 0. The molecule has 0 aromatic heterocycles. The Labute approximate surface area is 388 Å². The number of nitrogens with zero attached hydrogens (tertiary/aromatic N) is 1. The molecule has 9 aromatic carbocycles. The Hall–Kier alpha value is -7.22. The molecule has 0 aliphatic heterocycles. The van der Waals surface area contributed by atoms with Crippen molar-refractivity contribution in [3.05, 3.63) is 246 Å². The molecule has 0 unspecified atom stereocenters. The minimum absolute atomic E-state index is 0.0517. The van der Waals surface area contributed by atoms with Gasteiger partial charge in [0.1, 0.15) is 0 Å². The highest BCUT2D eigenvalue weighted by molar-refractivity contribution is 6.00. The van der Waals surface area contributed by atoms with Crippen LogP contribution in [0.2, 0.25) is 0 Å². The molecule has 7 aliphatic rings. The average molecular weight is 844 g/mol. The largest absolute Gasteiger partial charge is 0.310 e. The first-order valence-electron chi connectivity index (χ1n) is 24.4. The van der Waals surface area contributed by atoms with E-state index in [1.165, 1.54) is 127 Å². The van der Waals surface area contributed by atoms with E-state index in [0.717, 1.165) is 11.8 Å². The molecule has 0 atom stereocenters. The minimum Gasteiger partial charge on any atom is -0.310 e. The van der Waals surface area contributed by atoms with Crippen LogP contribution in [0.4, 0.5) is 17.1 Å². The molecule has 0 saturated heterocycles. The van der Waals surface area contributed by atoms with E-state index in [2.05, 4.69) is 217 Å². The first-order valence-corrected chi connectivity index (χ1v) is 24.4. The number of hydrogen-bond acceptors (Lipinski definition) is 1. The molecule has 314 valence electrons. The van der Waals surface area contributed by atoms with E-state index in [0.29, 0.717) is 11.8 Å². The van der Waals surface area contributed by atoms with Crippen LogP contribution in [-0.2, 0) is 10.8 Å². The standard InChI is InChI=1S/C65H49N/c1-3-16-43(17-4-1)49-24-15-29-62(63(49)44-18-5-2-6-19-44)66(47-30-32-54-52-22-7-11-25-56(52)64(60(54)39-47)45-35-41-34-42(37-45)38-46(64)36-41)48-31-33-55-53-23-10-14-28-59(53)65(61(55)40-48)57-26-12-8-20-50(57)51-21-9-13-27-58(51)65/h1-33,39-42,45-46H,34-38H2. The van der Waals surface area contributed by atoms with Crippen LogP contribution in [0.15, 0.2) is 212 Å². The summed E-state index contributed by atoms with van der Waals surface area (Å²) in [6.07, 6.45) is 6.90. The monoisotopic (exact) mass is 843 g/mol. The van der Waals surface area contributed by atoms with Crippen molar-refractivity contribution in [3.8, 4) is 55.6 Å². The predicted octanol–water partition coefficient (Wildman–Crippen LogP) is 16.6. The summed E-state index contributed by atoms with van der Waals surface area (Å²) in [6.45, 7) is 0. The Balaban J connectivity index is 1.03. The average Bonchev–Trinajstić information content (AvgIpc) is 3.96. The number of fused-ring (bicyclic) bond motifs is 13. The number of rotatable bonds is 5. The van der Waals surface area contributed by atoms with E-state index < -0.39 is 5.41 Å². The Morgan fingerprint density at radius 1 is 0.318 bits per heavy atom. The summed E-state index contributed by atoms with van der Waals surface area (Å²) >= 11 is 0. The van der Waals surface area contributed by atoms with Gasteiger partial charge in [0.05, 0.1) is 11.1 Å². The van der Waals surface area contributed by atoms with E-state index in [9.17, 15) is 0 Å². The van der Waals surface area contributed by atoms with Crippen molar-refractivity contribution in [3.63, 3.8) is 0 Å². The highest BCUT2D eigenvalue weighted by Crippen LogP contribution is 2.70. The van der Waals surface area contributed by atoms with Crippen LogP contribution in [0.3, 0.4) is 0 Å². The van der Waals surface area contributed by atoms with Crippen LogP contribution in [0, 0.1) is 23.7 Å². The molecule has 66 heavy (non-hydrogen) atoms. The van der Waals surface area contributed by atoms with Crippen molar-refractivity contribution in [2.75, 3.05) is 4.90 Å². The second-order valence-corrected chi connectivity index (χ2v) is 20.3. The topological polar surface area (TPSA) is 3.24 Å². The fourth-order valence-electron chi connectivity index (χ4n) is 15.4. The zero-order chi connectivity index (χ0) is 43.1. The highest BCUT2D eigenvalue weighted by atomic mass is 15.1. The Kier molecular flexibility index (Phi) is 7.67. The van der Waals surface area contributed by atoms with Crippen LogP contribution in [0.5, 0.6) is 0 Å². The van der Waals surface area contributed by atoms with E-state index in [-0.39, 0.29) is 5.41 Å². The Morgan fingerprint density at radius 2 is 0.742 bits per heavy atom. The lowest BCUT2D eigenvalue weighted by Gasteiger charge is -2.61. The van der Waals surface area contributed by atoms with Crippen LogP contribution >= 0.6 is 0 Å². The minimum atomic E-state index is -0.445. The zero-order valence-electron chi connectivity index (χ0n) is 37.0. The summed E-state index contributed by atoms with van der Waals surface area (Å²) < 4.78 is 0. The van der Waals surface area contributed by atoms with Crippen LogP contribution in [-0.4, -0.2) is 0 Å². The SMILES string of the molecule is c1ccc(-c2cccc(N(c3ccc4c(c3)C3(c5ccccc5-c5ccccc53)c3ccccc3-4)c3ccc4c(c3)C3(c5ccccc5-4)C4CC5CC(C4)CC3C5)c2-c2ccccc2)cc1. The van der Waals surface area contributed by atoms with Gasteiger partial charge < -0.3 is 4.90 Å². The lowest BCUT2D eigenvalue weighted by atomic mass is 9.43.